The number of carbonyl (C=O) groups is 2. The number of rotatable bonds is 3. The molecule has 0 aromatic carbocycles. The Bertz CT molecular complexity index is 473. The second-order valence-corrected chi connectivity index (χ2v) is 4.66. The van der Waals surface area contributed by atoms with Gasteiger partial charge in [0.15, 0.2) is 0 Å². The number of amides is 2. The number of halogens is 1. The summed E-state index contributed by atoms with van der Waals surface area (Å²) >= 11 is 5.82. The summed E-state index contributed by atoms with van der Waals surface area (Å²) < 4.78 is 5.35. The highest BCUT2D eigenvalue weighted by molar-refractivity contribution is 6.20. The van der Waals surface area contributed by atoms with Crippen LogP contribution in [0.3, 0.4) is 0 Å². The lowest BCUT2D eigenvalue weighted by Gasteiger charge is -2.31. The summed E-state index contributed by atoms with van der Waals surface area (Å²) in [6.45, 7) is 3.56. The van der Waals surface area contributed by atoms with Crippen molar-refractivity contribution >= 4 is 29.4 Å². The van der Waals surface area contributed by atoms with Gasteiger partial charge in [-0.3, -0.25) is 14.9 Å². The summed E-state index contributed by atoms with van der Waals surface area (Å²) in [5.41, 5.74) is 0. The first-order valence-electron chi connectivity index (χ1n) is 5.60. The average molecular weight is 273 g/mol. The zero-order valence-electron chi connectivity index (χ0n) is 10.0. The highest BCUT2D eigenvalue weighted by atomic mass is 35.5. The number of anilines is 1. The number of nitrogens with zero attached hydrogens (tertiary/aromatic N) is 3. The van der Waals surface area contributed by atoms with Crippen molar-refractivity contribution in [1.29, 1.82) is 0 Å². The minimum absolute atomic E-state index is 0.0164. The highest BCUT2D eigenvalue weighted by Gasteiger charge is 2.35. The Morgan fingerprint density at radius 2 is 2.28 bits per heavy atom. The number of hydrogen-bond acceptors (Lipinski definition) is 6. The lowest BCUT2D eigenvalue weighted by Crippen LogP contribution is -2.58. The summed E-state index contributed by atoms with van der Waals surface area (Å²) in [5.74, 6) is -0.476. The Morgan fingerprint density at radius 3 is 2.83 bits per heavy atom. The van der Waals surface area contributed by atoms with Gasteiger partial charge in [0.1, 0.15) is 18.0 Å². The first-order valence-corrected chi connectivity index (χ1v) is 6.04. The van der Waals surface area contributed by atoms with E-state index in [1.54, 1.807) is 6.92 Å². The molecule has 98 valence electrons. The molecule has 8 heteroatoms. The Balaban J connectivity index is 2.27. The van der Waals surface area contributed by atoms with Gasteiger partial charge in [0.25, 0.3) is 0 Å². The van der Waals surface area contributed by atoms with Crippen molar-refractivity contribution in [3.8, 4) is 0 Å². The van der Waals surface area contributed by atoms with Crippen LogP contribution in [0.4, 0.5) is 6.01 Å². The van der Waals surface area contributed by atoms with Gasteiger partial charge < -0.3 is 9.32 Å². The number of imide groups is 1. The number of piperazine rings is 1. The summed E-state index contributed by atoms with van der Waals surface area (Å²) in [6.07, 6.45) is 0.535. The molecule has 0 aliphatic carbocycles. The monoisotopic (exact) mass is 272 g/mol. The molecule has 2 amide bonds. The number of aromatic nitrogens is 2. The van der Waals surface area contributed by atoms with Crippen LogP contribution in [0.1, 0.15) is 31.5 Å². The molecule has 2 heterocycles. The summed E-state index contributed by atoms with van der Waals surface area (Å²) in [6, 6.07) is -0.339. The molecular weight excluding hydrogens is 260 g/mol. The molecule has 1 saturated heterocycles. The third-order valence-electron chi connectivity index (χ3n) is 2.66. The largest absolute Gasteiger partial charge is 0.406 e. The van der Waals surface area contributed by atoms with E-state index in [9.17, 15) is 9.59 Å². The Kier molecular flexibility index (Phi) is 3.51. The van der Waals surface area contributed by atoms with Crippen LogP contribution in [0, 0.1) is 0 Å². The van der Waals surface area contributed by atoms with E-state index in [0.717, 1.165) is 0 Å². The van der Waals surface area contributed by atoms with Gasteiger partial charge in [0, 0.05) is 0 Å². The van der Waals surface area contributed by atoms with Crippen molar-refractivity contribution in [2.75, 3.05) is 11.4 Å². The van der Waals surface area contributed by atoms with Crippen LogP contribution in [0.25, 0.3) is 0 Å². The van der Waals surface area contributed by atoms with E-state index < -0.39 is 11.4 Å². The van der Waals surface area contributed by atoms with E-state index in [0.29, 0.717) is 6.42 Å². The van der Waals surface area contributed by atoms with Gasteiger partial charge in [-0.25, -0.2) is 0 Å². The molecule has 0 saturated carbocycles. The van der Waals surface area contributed by atoms with Crippen LogP contribution in [-0.4, -0.2) is 34.6 Å². The third-order valence-corrected chi connectivity index (χ3v) is 2.84. The standard InChI is InChI=1S/C10H13ClN4O3/c1-3-6-8(17)12-7(16)4-15(6)10-14-13-9(18-10)5(2)11/h5-6H,3-4H2,1-2H3,(H,12,16,17). The maximum Gasteiger partial charge on any atom is 0.319 e. The van der Waals surface area contributed by atoms with Crippen LogP contribution in [-0.2, 0) is 9.59 Å². The van der Waals surface area contributed by atoms with Crippen LogP contribution in [0.2, 0.25) is 0 Å². The molecule has 1 aromatic rings. The van der Waals surface area contributed by atoms with Gasteiger partial charge in [-0.15, -0.1) is 16.7 Å². The van der Waals surface area contributed by atoms with Crippen LogP contribution < -0.4 is 10.2 Å². The van der Waals surface area contributed by atoms with Crippen molar-refractivity contribution in [2.24, 2.45) is 0 Å². The molecule has 2 rings (SSSR count). The zero-order valence-corrected chi connectivity index (χ0v) is 10.8. The molecule has 1 aliphatic rings. The van der Waals surface area contributed by atoms with Gasteiger partial charge in [-0.1, -0.05) is 12.0 Å². The molecule has 0 bridgehead atoms. The SMILES string of the molecule is CCC1C(=O)NC(=O)CN1c1nnc(C(C)Cl)o1. The van der Waals surface area contributed by atoms with Gasteiger partial charge in [-0.05, 0) is 13.3 Å². The molecule has 1 N–H and O–H groups in total. The minimum Gasteiger partial charge on any atom is -0.406 e. The summed E-state index contributed by atoms with van der Waals surface area (Å²) in [5, 5.41) is 9.46. The second kappa shape index (κ2) is 4.93. The maximum atomic E-state index is 11.7. The van der Waals surface area contributed by atoms with Crippen molar-refractivity contribution in [1.82, 2.24) is 15.5 Å². The topological polar surface area (TPSA) is 88.3 Å². The predicted octanol–water partition coefficient (Wildman–Crippen LogP) is 0.611. The molecule has 2 atom stereocenters. The fourth-order valence-corrected chi connectivity index (χ4v) is 1.86. The van der Waals surface area contributed by atoms with Crippen molar-refractivity contribution in [2.45, 2.75) is 31.7 Å². The fraction of sp³-hybridized carbons (Fsp3) is 0.600. The fourth-order valence-electron chi connectivity index (χ4n) is 1.78. The molecular formula is C10H13ClN4O3. The van der Waals surface area contributed by atoms with Crippen LogP contribution >= 0.6 is 11.6 Å². The van der Waals surface area contributed by atoms with E-state index in [1.807, 2.05) is 6.92 Å². The Labute approximate surface area is 108 Å². The van der Waals surface area contributed by atoms with Crippen molar-refractivity contribution in [3.05, 3.63) is 5.89 Å². The number of alkyl halides is 1. The third kappa shape index (κ3) is 2.31. The van der Waals surface area contributed by atoms with Gasteiger partial charge >= 0.3 is 6.01 Å². The minimum atomic E-state index is -0.485. The van der Waals surface area contributed by atoms with Crippen LogP contribution in [0.15, 0.2) is 4.42 Å². The van der Waals surface area contributed by atoms with Crippen molar-refractivity contribution in [3.63, 3.8) is 0 Å². The van der Waals surface area contributed by atoms with Gasteiger partial charge in [0.2, 0.25) is 17.7 Å². The number of hydrogen-bond donors (Lipinski definition) is 1. The van der Waals surface area contributed by atoms with Gasteiger partial charge in [-0.2, -0.15) is 0 Å². The first-order chi connectivity index (χ1) is 8.52. The molecule has 0 radical (unpaired) electrons. The average Bonchev–Trinajstić information content (AvgIpc) is 2.77. The lowest BCUT2D eigenvalue weighted by molar-refractivity contribution is -0.133. The second-order valence-electron chi connectivity index (χ2n) is 4.00. The van der Waals surface area contributed by atoms with E-state index in [-0.39, 0.29) is 30.3 Å². The number of nitrogens with one attached hydrogen (secondary N) is 1. The zero-order chi connectivity index (χ0) is 13.3. The first kappa shape index (κ1) is 12.8. The van der Waals surface area contributed by atoms with E-state index in [4.69, 9.17) is 16.0 Å². The highest BCUT2D eigenvalue weighted by Crippen LogP contribution is 2.24. The normalized spacial score (nSPS) is 21.9. The van der Waals surface area contributed by atoms with Gasteiger partial charge in [0.05, 0.1) is 0 Å². The van der Waals surface area contributed by atoms with E-state index >= 15 is 0 Å². The Hall–Kier alpha value is -1.63. The Morgan fingerprint density at radius 1 is 1.56 bits per heavy atom. The predicted molar refractivity (Wildman–Crippen MR) is 63.1 cm³/mol. The summed E-state index contributed by atoms with van der Waals surface area (Å²) in [4.78, 5) is 24.5. The van der Waals surface area contributed by atoms with E-state index in [1.165, 1.54) is 4.90 Å². The molecule has 1 fully saturated rings. The lowest BCUT2D eigenvalue weighted by atomic mass is 10.1. The smallest absolute Gasteiger partial charge is 0.319 e. The quantitative estimate of drug-likeness (QED) is 0.641. The summed E-state index contributed by atoms with van der Waals surface area (Å²) in [7, 11) is 0. The van der Waals surface area contributed by atoms with E-state index in [2.05, 4.69) is 15.5 Å². The number of carbonyl (C=O) groups excluding carboxylic acids is 2. The molecule has 18 heavy (non-hydrogen) atoms. The molecule has 2 unspecified atom stereocenters. The molecule has 0 spiro atoms. The molecule has 1 aromatic heterocycles. The maximum absolute atomic E-state index is 11.7. The van der Waals surface area contributed by atoms with Crippen molar-refractivity contribution < 1.29 is 14.0 Å². The van der Waals surface area contributed by atoms with Crippen LogP contribution in [0.5, 0.6) is 0 Å². The molecule has 7 nitrogen and oxygen atoms in total. The molecule has 1 aliphatic heterocycles.